The Hall–Kier alpha value is -3.34. The average Bonchev–Trinajstić information content (AvgIpc) is 3.15. The van der Waals surface area contributed by atoms with Gasteiger partial charge in [-0.05, 0) is 13.1 Å². The lowest BCUT2D eigenvalue weighted by atomic mass is 10.2. The number of nitrogens with one attached hydrogen (secondary N) is 1. The Morgan fingerprint density at radius 1 is 1.21 bits per heavy atom. The summed E-state index contributed by atoms with van der Waals surface area (Å²) in [7, 11) is 3.18. The smallest absolute Gasteiger partial charge is 0.360 e. The first-order chi connectivity index (χ1) is 13.9. The van der Waals surface area contributed by atoms with Gasteiger partial charge in [0.15, 0.2) is 11.3 Å². The molecule has 4 heterocycles. The second-order valence-corrected chi connectivity index (χ2v) is 7.06. The number of hydrogen-bond acceptors (Lipinski definition) is 8. The Balaban J connectivity index is 1.94. The summed E-state index contributed by atoms with van der Waals surface area (Å²) in [5.74, 6) is -1.72. The summed E-state index contributed by atoms with van der Waals surface area (Å²) in [6.45, 7) is 4.07. The largest absolute Gasteiger partial charge is 0.501 e. The molecule has 2 aliphatic heterocycles. The van der Waals surface area contributed by atoms with Crippen molar-refractivity contribution in [3.8, 4) is 5.75 Å². The molecular formula is C18H22N6O5. The normalized spacial score (nSPS) is 17.7. The first-order valence-corrected chi connectivity index (χ1v) is 9.27. The third-order valence-corrected chi connectivity index (χ3v) is 5.26. The highest BCUT2D eigenvalue weighted by molar-refractivity contribution is 5.99. The van der Waals surface area contributed by atoms with E-state index >= 15 is 0 Å². The number of piperazine rings is 1. The van der Waals surface area contributed by atoms with Gasteiger partial charge in [0.05, 0.1) is 18.5 Å². The van der Waals surface area contributed by atoms with Crippen LogP contribution in [0.2, 0.25) is 0 Å². The highest BCUT2D eigenvalue weighted by atomic mass is 16.5. The van der Waals surface area contributed by atoms with Gasteiger partial charge in [0.1, 0.15) is 0 Å². The number of pyridine rings is 1. The van der Waals surface area contributed by atoms with Crippen molar-refractivity contribution in [1.29, 1.82) is 0 Å². The first-order valence-electron chi connectivity index (χ1n) is 9.27. The minimum atomic E-state index is -0.929. The average molecular weight is 402 g/mol. The zero-order valence-electron chi connectivity index (χ0n) is 16.2. The van der Waals surface area contributed by atoms with Crippen LogP contribution >= 0.6 is 0 Å². The number of esters is 1. The van der Waals surface area contributed by atoms with E-state index in [0.717, 1.165) is 39.0 Å². The van der Waals surface area contributed by atoms with Crippen LogP contribution in [0.4, 0.5) is 16.2 Å². The van der Waals surface area contributed by atoms with Crippen molar-refractivity contribution in [3.63, 3.8) is 0 Å². The van der Waals surface area contributed by atoms with Gasteiger partial charge in [-0.25, -0.2) is 14.6 Å². The summed E-state index contributed by atoms with van der Waals surface area (Å²) in [6, 6.07) is 1.47. The van der Waals surface area contributed by atoms with Crippen LogP contribution in [0.15, 0.2) is 17.1 Å². The molecule has 2 aliphatic rings. The number of ether oxygens (including phenoxy) is 1. The Morgan fingerprint density at radius 3 is 2.55 bits per heavy atom. The van der Waals surface area contributed by atoms with Gasteiger partial charge in [0.2, 0.25) is 5.75 Å². The third kappa shape index (κ3) is 3.23. The summed E-state index contributed by atoms with van der Waals surface area (Å²) < 4.78 is 5.80. The lowest BCUT2D eigenvalue weighted by Gasteiger charge is -2.34. The van der Waals surface area contributed by atoms with E-state index in [-0.39, 0.29) is 11.7 Å². The number of carbonyl (C=O) groups excluding carboxylic acids is 2. The SMILES string of the molecule is COC(=O)c1nc2c(N3CCNC3=O)cc(N3CCN(C)CC3)cn2c(=O)c1O. The molecule has 0 radical (unpaired) electrons. The van der Waals surface area contributed by atoms with Crippen LogP contribution in [0.1, 0.15) is 10.5 Å². The Kier molecular flexibility index (Phi) is 4.74. The summed E-state index contributed by atoms with van der Waals surface area (Å²) >= 11 is 0. The van der Waals surface area contributed by atoms with E-state index in [1.54, 1.807) is 12.3 Å². The van der Waals surface area contributed by atoms with Crippen LogP contribution in [-0.2, 0) is 4.74 Å². The van der Waals surface area contributed by atoms with E-state index in [2.05, 4.69) is 24.8 Å². The Bertz CT molecular complexity index is 1040. The highest BCUT2D eigenvalue weighted by Gasteiger charge is 2.28. The molecular weight excluding hydrogens is 380 g/mol. The minimum absolute atomic E-state index is 0.100. The number of likely N-dealkylation sites (N-methyl/N-ethyl adjacent to an activating group) is 1. The minimum Gasteiger partial charge on any atom is -0.501 e. The van der Waals surface area contributed by atoms with Gasteiger partial charge in [0.25, 0.3) is 0 Å². The van der Waals surface area contributed by atoms with E-state index in [1.165, 1.54) is 9.30 Å². The number of amides is 2. The number of aromatic hydroxyl groups is 1. The van der Waals surface area contributed by atoms with Gasteiger partial charge in [-0.3, -0.25) is 14.1 Å². The Morgan fingerprint density at radius 2 is 1.93 bits per heavy atom. The quantitative estimate of drug-likeness (QED) is 0.658. The van der Waals surface area contributed by atoms with Crippen molar-refractivity contribution in [1.82, 2.24) is 19.6 Å². The maximum absolute atomic E-state index is 12.8. The number of rotatable bonds is 3. The number of aromatic nitrogens is 2. The van der Waals surface area contributed by atoms with Crippen molar-refractivity contribution < 1.29 is 19.4 Å². The fourth-order valence-corrected chi connectivity index (χ4v) is 3.58. The van der Waals surface area contributed by atoms with E-state index in [0.29, 0.717) is 18.8 Å². The maximum Gasteiger partial charge on any atom is 0.360 e. The predicted octanol–water partition coefficient (Wildman–Crippen LogP) is -0.532. The van der Waals surface area contributed by atoms with E-state index in [4.69, 9.17) is 0 Å². The van der Waals surface area contributed by atoms with Crippen LogP contribution in [0, 0.1) is 0 Å². The number of anilines is 2. The number of fused-ring (bicyclic) bond motifs is 1. The van der Waals surface area contributed by atoms with Gasteiger partial charge in [-0.2, -0.15) is 0 Å². The topological polar surface area (TPSA) is 120 Å². The molecule has 4 rings (SSSR count). The lowest BCUT2D eigenvalue weighted by Crippen LogP contribution is -2.44. The summed E-state index contributed by atoms with van der Waals surface area (Å²) in [6.07, 6.45) is 1.58. The fraction of sp³-hybridized carbons (Fsp3) is 0.444. The van der Waals surface area contributed by atoms with E-state index in [9.17, 15) is 19.5 Å². The summed E-state index contributed by atoms with van der Waals surface area (Å²) in [4.78, 5) is 47.1. The number of methoxy groups -OCH3 is 1. The van der Waals surface area contributed by atoms with E-state index < -0.39 is 23.0 Å². The van der Waals surface area contributed by atoms with Crippen molar-refractivity contribution >= 4 is 29.0 Å². The molecule has 0 saturated carbocycles. The molecule has 2 saturated heterocycles. The van der Waals surface area contributed by atoms with Gasteiger partial charge in [0, 0.05) is 45.5 Å². The van der Waals surface area contributed by atoms with Gasteiger partial charge in [-0.15, -0.1) is 0 Å². The van der Waals surface area contributed by atoms with E-state index in [1.807, 2.05) is 7.05 Å². The predicted molar refractivity (Wildman–Crippen MR) is 105 cm³/mol. The molecule has 0 aromatic carbocycles. The first kappa shape index (κ1) is 19.0. The fourth-order valence-electron chi connectivity index (χ4n) is 3.58. The number of hydrogen-bond donors (Lipinski definition) is 2. The molecule has 2 N–H and O–H groups in total. The monoisotopic (exact) mass is 402 g/mol. The Labute approximate surface area is 166 Å². The number of carbonyl (C=O) groups is 2. The highest BCUT2D eigenvalue weighted by Crippen LogP contribution is 2.29. The molecule has 0 aliphatic carbocycles. The van der Waals surface area contributed by atoms with Crippen molar-refractivity contribution in [3.05, 3.63) is 28.3 Å². The van der Waals surface area contributed by atoms with Crippen LogP contribution in [-0.4, -0.2) is 84.8 Å². The third-order valence-electron chi connectivity index (χ3n) is 5.26. The molecule has 11 heteroatoms. The summed E-state index contributed by atoms with van der Waals surface area (Å²) in [5, 5.41) is 13.0. The molecule has 2 aromatic rings. The molecule has 2 fully saturated rings. The molecule has 29 heavy (non-hydrogen) atoms. The van der Waals surface area contributed by atoms with Crippen molar-refractivity contribution in [2.75, 3.05) is 63.2 Å². The van der Waals surface area contributed by atoms with Crippen molar-refractivity contribution in [2.45, 2.75) is 0 Å². The molecule has 11 nitrogen and oxygen atoms in total. The zero-order chi connectivity index (χ0) is 20.7. The van der Waals surface area contributed by atoms with Crippen LogP contribution in [0.25, 0.3) is 5.65 Å². The van der Waals surface area contributed by atoms with Crippen LogP contribution < -0.4 is 20.7 Å². The van der Waals surface area contributed by atoms with Crippen molar-refractivity contribution in [2.24, 2.45) is 0 Å². The van der Waals surface area contributed by atoms with Crippen LogP contribution in [0.5, 0.6) is 5.75 Å². The second-order valence-electron chi connectivity index (χ2n) is 7.06. The second kappa shape index (κ2) is 7.24. The molecule has 0 spiro atoms. The van der Waals surface area contributed by atoms with Gasteiger partial charge < -0.3 is 25.0 Å². The van der Waals surface area contributed by atoms with Gasteiger partial charge >= 0.3 is 17.6 Å². The molecule has 154 valence electrons. The molecule has 2 amide bonds. The molecule has 2 aromatic heterocycles. The standard InChI is InChI=1S/C18H22N6O5/c1-21-5-7-22(8-6-21)11-9-12(23-4-3-19-18(23)28)15-20-13(17(27)29-2)14(25)16(26)24(15)10-11/h9-10,25H,3-8H2,1-2H3,(H,19,28). The number of nitrogens with zero attached hydrogens (tertiary/aromatic N) is 5. The summed E-state index contributed by atoms with van der Waals surface area (Å²) in [5.41, 5.74) is -0.0610. The van der Waals surface area contributed by atoms with Crippen LogP contribution in [0.3, 0.4) is 0 Å². The zero-order valence-corrected chi connectivity index (χ0v) is 16.2. The van der Waals surface area contributed by atoms with Gasteiger partial charge in [-0.1, -0.05) is 0 Å². The molecule has 0 atom stereocenters. The lowest BCUT2D eigenvalue weighted by molar-refractivity contribution is 0.0590. The number of urea groups is 1. The maximum atomic E-state index is 12.8. The molecule has 0 bridgehead atoms. The molecule has 0 unspecified atom stereocenters.